The van der Waals surface area contributed by atoms with Gasteiger partial charge in [-0.15, -0.1) is 0 Å². The van der Waals surface area contributed by atoms with E-state index in [0.29, 0.717) is 25.1 Å². The molecule has 0 spiro atoms. The Kier molecular flexibility index (Phi) is 5.97. The Morgan fingerprint density at radius 1 is 1.21 bits per heavy atom. The van der Waals surface area contributed by atoms with Crippen LogP contribution in [0.3, 0.4) is 0 Å². The van der Waals surface area contributed by atoms with E-state index in [4.69, 9.17) is 15.2 Å². The zero-order chi connectivity index (χ0) is 26.7. The van der Waals surface area contributed by atoms with Crippen LogP contribution in [0.2, 0.25) is 0 Å². The second kappa shape index (κ2) is 9.42. The molecule has 39 heavy (non-hydrogen) atoms. The van der Waals surface area contributed by atoms with E-state index in [0.717, 1.165) is 43.7 Å². The highest BCUT2D eigenvalue weighted by Gasteiger charge is 2.49. The molecule has 4 aromatic rings. The second-order valence-corrected chi connectivity index (χ2v) is 11.4. The van der Waals surface area contributed by atoms with Crippen molar-refractivity contribution in [3.63, 3.8) is 0 Å². The SMILES string of the molecule is Nc1nc2c(-c3ncc4c(OC5CCNC5)nc(OCC56CCCN5CC(F)C6)nc4c3F)ccc(F)c2s1. The molecule has 6 heterocycles. The van der Waals surface area contributed by atoms with Crippen LogP contribution in [0.4, 0.5) is 18.3 Å². The smallest absolute Gasteiger partial charge is 0.320 e. The summed E-state index contributed by atoms with van der Waals surface area (Å²) in [5.74, 6) is -1.07. The highest BCUT2D eigenvalue weighted by atomic mass is 32.1. The number of halogens is 3. The molecule has 0 amide bonds. The maximum absolute atomic E-state index is 16.2. The van der Waals surface area contributed by atoms with Crippen molar-refractivity contribution in [3.05, 3.63) is 30.0 Å². The first-order chi connectivity index (χ1) is 18.9. The zero-order valence-electron chi connectivity index (χ0n) is 20.9. The number of aromatic nitrogens is 4. The minimum Gasteiger partial charge on any atom is -0.472 e. The summed E-state index contributed by atoms with van der Waals surface area (Å²) in [7, 11) is 0. The van der Waals surface area contributed by atoms with Gasteiger partial charge in [-0.25, -0.2) is 18.2 Å². The molecule has 9 nitrogen and oxygen atoms in total. The van der Waals surface area contributed by atoms with Gasteiger partial charge < -0.3 is 20.5 Å². The first-order valence-corrected chi connectivity index (χ1v) is 13.8. The molecule has 3 fully saturated rings. The third kappa shape index (κ3) is 4.23. The lowest BCUT2D eigenvalue weighted by Crippen LogP contribution is -2.43. The summed E-state index contributed by atoms with van der Waals surface area (Å²) in [6.07, 6.45) is 3.33. The van der Waals surface area contributed by atoms with Gasteiger partial charge in [0.15, 0.2) is 10.9 Å². The molecule has 3 unspecified atom stereocenters. The van der Waals surface area contributed by atoms with E-state index in [2.05, 4.69) is 30.2 Å². The number of ether oxygens (including phenoxy) is 2. The molecule has 3 atom stereocenters. The molecule has 3 aliphatic rings. The number of fused-ring (bicyclic) bond motifs is 3. The van der Waals surface area contributed by atoms with Crippen molar-refractivity contribution in [2.75, 3.05) is 38.5 Å². The molecular formula is C26H26F3N7O2S. The minimum absolute atomic E-state index is 0.0396. The molecule has 1 aromatic carbocycles. The van der Waals surface area contributed by atoms with E-state index in [9.17, 15) is 8.78 Å². The van der Waals surface area contributed by atoms with Crippen molar-refractivity contribution in [1.29, 1.82) is 0 Å². The monoisotopic (exact) mass is 557 g/mol. The van der Waals surface area contributed by atoms with Gasteiger partial charge in [0.05, 0.1) is 21.1 Å². The largest absolute Gasteiger partial charge is 0.472 e. The Balaban J connectivity index is 1.31. The number of hydrogen-bond donors (Lipinski definition) is 2. The molecule has 3 aliphatic heterocycles. The number of anilines is 1. The summed E-state index contributed by atoms with van der Waals surface area (Å²) in [6, 6.07) is 2.61. The van der Waals surface area contributed by atoms with E-state index in [1.807, 2.05) is 0 Å². The predicted molar refractivity (Wildman–Crippen MR) is 141 cm³/mol. The van der Waals surface area contributed by atoms with E-state index in [-0.39, 0.29) is 56.5 Å². The summed E-state index contributed by atoms with van der Waals surface area (Å²) in [5, 5.41) is 3.69. The van der Waals surface area contributed by atoms with Gasteiger partial charge in [-0.3, -0.25) is 9.88 Å². The first-order valence-electron chi connectivity index (χ1n) is 13.0. The lowest BCUT2D eigenvalue weighted by molar-refractivity contribution is 0.106. The Labute approximate surface area is 225 Å². The molecule has 7 rings (SSSR count). The van der Waals surface area contributed by atoms with Crippen molar-refractivity contribution in [3.8, 4) is 23.1 Å². The summed E-state index contributed by atoms with van der Waals surface area (Å²) in [6.45, 7) is 2.84. The number of nitrogens with one attached hydrogen (secondary N) is 1. The Bertz CT molecular complexity index is 1580. The molecular weight excluding hydrogens is 531 g/mol. The van der Waals surface area contributed by atoms with Crippen LogP contribution in [0.5, 0.6) is 11.9 Å². The minimum atomic E-state index is -0.904. The molecule has 0 saturated carbocycles. The summed E-state index contributed by atoms with van der Waals surface area (Å²) in [4.78, 5) is 19.6. The number of nitrogen functional groups attached to an aromatic ring is 1. The lowest BCUT2D eigenvalue weighted by Gasteiger charge is -2.30. The summed E-state index contributed by atoms with van der Waals surface area (Å²) < 4.78 is 57.3. The first kappa shape index (κ1) is 24.7. The average Bonchev–Trinajstić information content (AvgIpc) is 3.69. The maximum atomic E-state index is 16.2. The van der Waals surface area contributed by atoms with Gasteiger partial charge >= 0.3 is 6.01 Å². The van der Waals surface area contributed by atoms with Gasteiger partial charge in [-0.1, -0.05) is 11.3 Å². The normalized spacial score (nSPS) is 25.1. The summed E-state index contributed by atoms with van der Waals surface area (Å²) in [5.41, 5.74) is 5.84. The number of hydrogen-bond acceptors (Lipinski definition) is 10. The fourth-order valence-electron chi connectivity index (χ4n) is 6.07. The van der Waals surface area contributed by atoms with Crippen molar-refractivity contribution >= 4 is 37.6 Å². The third-order valence-electron chi connectivity index (χ3n) is 7.92. The fraction of sp³-hybridized carbons (Fsp3) is 0.462. The van der Waals surface area contributed by atoms with Gasteiger partial charge in [0, 0.05) is 31.3 Å². The Morgan fingerprint density at radius 3 is 2.95 bits per heavy atom. The van der Waals surface area contributed by atoms with Crippen LogP contribution in [0, 0.1) is 11.6 Å². The maximum Gasteiger partial charge on any atom is 0.320 e. The molecule has 3 aromatic heterocycles. The molecule has 0 bridgehead atoms. The molecule has 3 N–H and O–H groups in total. The number of nitrogens with two attached hydrogens (primary N) is 1. The van der Waals surface area contributed by atoms with Crippen LogP contribution < -0.4 is 20.5 Å². The van der Waals surface area contributed by atoms with E-state index in [1.54, 1.807) is 0 Å². The number of nitrogens with zero attached hydrogens (tertiary/aromatic N) is 5. The van der Waals surface area contributed by atoms with E-state index >= 15 is 4.39 Å². The number of benzene rings is 1. The molecule has 0 aliphatic carbocycles. The van der Waals surface area contributed by atoms with E-state index in [1.165, 1.54) is 18.3 Å². The van der Waals surface area contributed by atoms with Crippen molar-refractivity contribution in [1.82, 2.24) is 30.2 Å². The van der Waals surface area contributed by atoms with Crippen LogP contribution in [0.25, 0.3) is 32.4 Å². The fourth-order valence-corrected chi connectivity index (χ4v) is 6.83. The van der Waals surface area contributed by atoms with Gasteiger partial charge in [0.25, 0.3) is 0 Å². The summed E-state index contributed by atoms with van der Waals surface area (Å²) >= 11 is 0.985. The Morgan fingerprint density at radius 2 is 2.10 bits per heavy atom. The number of alkyl halides is 1. The van der Waals surface area contributed by atoms with Gasteiger partial charge in [-0.05, 0) is 44.5 Å². The highest BCUT2D eigenvalue weighted by Crippen LogP contribution is 2.41. The number of thiazole rings is 1. The van der Waals surface area contributed by atoms with Gasteiger partial charge in [-0.2, -0.15) is 9.97 Å². The lowest BCUT2D eigenvalue weighted by atomic mass is 9.95. The van der Waals surface area contributed by atoms with E-state index < -0.39 is 23.3 Å². The molecule has 13 heteroatoms. The van der Waals surface area contributed by atoms with Crippen LogP contribution in [-0.4, -0.2) is 75.4 Å². The molecule has 3 saturated heterocycles. The van der Waals surface area contributed by atoms with Crippen molar-refractivity contribution in [2.24, 2.45) is 0 Å². The molecule has 204 valence electrons. The quantitative estimate of drug-likeness (QED) is 0.365. The highest BCUT2D eigenvalue weighted by molar-refractivity contribution is 7.22. The molecule has 0 radical (unpaired) electrons. The topological polar surface area (TPSA) is 111 Å². The van der Waals surface area contributed by atoms with Gasteiger partial charge in [0.2, 0.25) is 5.88 Å². The number of rotatable bonds is 6. The predicted octanol–water partition coefficient (Wildman–Crippen LogP) is 3.86. The third-order valence-corrected chi connectivity index (χ3v) is 8.81. The van der Waals surface area contributed by atoms with Crippen LogP contribution >= 0.6 is 11.3 Å². The van der Waals surface area contributed by atoms with Gasteiger partial charge in [0.1, 0.15) is 35.9 Å². The number of pyridine rings is 1. The average molecular weight is 558 g/mol. The van der Waals surface area contributed by atoms with Crippen LogP contribution in [-0.2, 0) is 0 Å². The standard InChI is InChI=1S/C26H26F3N7O2S/c27-13-8-26(5-1-7-36(26)11-13)12-37-25-34-20-16(23(35-25)38-14-4-6-31-9-14)10-32-19(18(20)29)15-2-3-17(28)22-21(15)33-24(30)39-22/h2-3,10,13-14,31H,1,4-9,11-12H2,(H2,30,33). The second-order valence-electron chi connectivity index (χ2n) is 10.4. The Hall–Kier alpha value is -3.29. The van der Waals surface area contributed by atoms with Crippen LogP contribution in [0.15, 0.2) is 18.3 Å². The van der Waals surface area contributed by atoms with Crippen LogP contribution in [0.1, 0.15) is 25.7 Å². The zero-order valence-corrected chi connectivity index (χ0v) is 21.7. The van der Waals surface area contributed by atoms with Crippen molar-refractivity contribution in [2.45, 2.75) is 43.5 Å². The van der Waals surface area contributed by atoms with Crippen molar-refractivity contribution < 1.29 is 22.6 Å².